The first-order chi connectivity index (χ1) is 7.33. The highest BCUT2D eigenvalue weighted by Gasteiger charge is 2.02. The summed E-state index contributed by atoms with van der Waals surface area (Å²) in [5.41, 5.74) is 0. The fourth-order valence-corrected chi connectivity index (χ4v) is 1.15. The van der Waals surface area contributed by atoms with Gasteiger partial charge >= 0.3 is 0 Å². The smallest absolute Gasteiger partial charge is 0.119 e. The lowest BCUT2D eigenvalue weighted by Gasteiger charge is -2.13. The van der Waals surface area contributed by atoms with Gasteiger partial charge in [-0.05, 0) is 25.5 Å². The van der Waals surface area contributed by atoms with Crippen molar-refractivity contribution in [1.82, 2.24) is 0 Å². The first-order valence-electron chi connectivity index (χ1n) is 5.45. The van der Waals surface area contributed by atoms with E-state index in [1.807, 2.05) is 30.3 Å². The maximum Gasteiger partial charge on any atom is 0.119 e. The van der Waals surface area contributed by atoms with E-state index in [2.05, 4.69) is 13.8 Å². The highest BCUT2D eigenvalue weighted by atomic mass is 16.5. The molecule has 0 N–H and O–H groups in total. The van der Waals surface area contributed by atoms with Gasteiger partial charge in [-0.2, -0.15) is 0 Å². The van der Waals surface area contributed by atoms with Gasteiger partial charge in [-0.1, -0.05) is 31.5 Å². The monoisotopic (exact) mass is 207 g/mol. The van der Waals surface area contributed by atoms with Gasteiger partial charge in [-0.3, -0.25) is 0 Å². The maximum absolute atomic E-state index is 5.51. The lowest BCUT2D eigenvalue weighted by atomic mass is 10.3. The second-order valence-electron chi connectivity index (χ2n) is 3.47. The molecule has 0 amide bonds. The molecule has 0 aliphatic rings. The van der Waals surface area contributed by atoms with Crippen LogP contribution in [-0.2, 0) is 4.74 Å². The van der Waals surface area contributed by atoms with Gasteiger partial charge in [0.15, 0.2) is 0 Å². The summed E-state index contributed by atoms with van der Waals surface area (Å²) in [7, 11) is 0. The zero-order valence-electron chi connectivity index (χ0n) is 9.32. The van der Waals surface area contributed by atoms with Crippen molar-refractivity contribution in [2.24, 2.45) is 0 Å². The van der Waals surface area contributed by atoms with Crippen LogP contribution in [0.25, 0.3) is 0 Å². The summed E-state index contributed by atoms with van der Waals surface area (Å²) in [4.78, 5) is 0. The van der Waals surface area contributed by atoms with Gasteiger partial charge in [0.1, 0.15) is 12.4 Å². The van der Waals surface area contributed by atoms with E-state index in [1.165, 1.54) is 0 Å². The molecule has 0 fully saturated rings. The van der Waals surface area contributed by atoms with E-state index in [-0.39, 0.29) is 6.10 Å². The molecule has 2 nitrogen and oxygen atoms in total. The minimum atomic E-state index is -0.0863. The summed E-state index contributed by atoms with van der Waals surface area (Å²) in [5, 5.41) is 0. The molecule has 0 saturated carbocycles. The average molecular weight is 207 g/mol. The van der Waals surface area contributed by atoms with E-state index in [0.717, 1.165) is 25.2 Å². The summed E-state index contributed by atoms with van der Waals surface area (Å²) in [6.07, 6.45) is 2.14. The molecule has 1 atom stereocenters. The van der Waals surface area contributed by atoms with Crippen LogP contribution >= 0.6 is 0 Å². The number of hydrogen-bond donors (Lipinski definition) is 0. The highest BCUT2D eigenvalue weighted by molar-refractivity contribution is 5.20. The Hall–Kier alpha value is -1.02. The molecule has 1 unspecified atom stereocenters. The predicted octanol–water partition coefficient (Wildman–Crippen LogP) is 3.08. The van der Waals surface area contributed by atoms with E-state index < -0.39 is 0 Å². The molecule has 0 aliphatic heterocycles. The van der Waals surface area contributed by atoms with Crippen molar-refractivity contribution < 1.29 is 9.47 Å². The Bertz CT molecular complexity index is 246. The Morgan fingerprint density at radius 1 is 1.27 bits per heavy atom. The number of hydrogen-bond acceptors (Lipinski definition) is 2. The molecule has 1 radical (unpaired) electrons. The Balaban J connectivity index is 2.14. The molecule has 1 rings (SSSR count). The van der Waals surface area contributed by atoms with E-state index >= 15 is 0 Å². The second kappa shape index (κ2) is 7.30. The molecule has 0 saturated heterocycles. The van der Waals surface area contributed by atoms with Gasteiger partial charge in [0.2, 0.25) is 0 Å². The van der Waals surface area contributed by atoms with Crippen LogP contribution < -0.4 is 4.74 Å². The number of benzene rings is 1. The van der Waals surface area contributed by atoms with Crippen molar-refractivity contribution in [3.63, 3.8) is 0 Å². The molecule has 1 aromatic rings. The van der Waals surface area contributed by atoms with Gasteiger partial charge in [-0.15, -0.1) is 0 Å². The normalized spacial score (nSPS) is 12.4. The molecular formula is C13H19O2. The average Bonchev–Trinajstić information content (AvgIpc) is 2.28. The fourth-order valence-electron chi connectivity index (χ4n) is 1.15. The molecular weight excluding hydrogens is 188 g/mol. The van der Waals surface area contributed by atoms with Gasteiger partial charge in [0.25, 0.3) is 0 Å². The number of ether oxygens (including phenoxy) is 2. The molecule has 15 heavy (non-hydrogen) atoms. The molecule has 83 valence electrons. The van der Waals surface area contributed by atoms with Crippen LogP contribution in [0.1, 0.15) is 19.8 Å². The molecule has 0 heterocycles. The largest absolute Gasteiger partial charge is 0.491 e. The standard InChI is InChI=1S/C13H19O2/c1-3-4-10-14-12(2)11-15-13-8-6-5-7-9-13/h5-9,12H,2-4,10-11H2,1H3. The maximum atomic E-state index is 5.51. The summed E-state index contributed by atoms with van der Waals surface area (Å²) >= 11 is 0. The van der Waals surface area contributed by atoms with E-state index in [1.54, 1.807) is 0 Å². The van der Waals surface area contributed by atoms with Crippen molar-refractivity contribution in [2.75, 3.05) is 13.2 Å². The molecule has 0 aromatic heterocycles. The lowest BCUT2D eigenvalue weighted by molar-refractivity contribution is 0.0470. The minimum Gasteiger partial charge on any atom is -0.491 e. The summed E-state index contributed by atoms with van der Waals surface area (Å²) in [6, 6.07) is 9.72. The van der Waals surface area contributed by atoms with Gasteiger partial charge in [0, 0.05) is 6.61 Å². The lowest BCUT2D eigenvalue weighted by Crippen LogP contribution is -2.18. The molecule has 0 spiro atoms. The number of unbranched alkanes of at least 4 members (excludes halogenated alkanes) is 1. The molecule has 1 aromatic carbocycles. The number of para-hydroxylation sites is 1. The summed E-state index contributed by atoms with van der Waals surface area (Å²) < 4.78 is 11.0. The van der Waals surface area contributed by atoms with Crippen LogP contribution in [0.2, 0.25) is 0 Å². The third-order valence-corrected chi connectivity index (χ3v) is 2.03. The van der Waals surface area contributed by atoms with Crippen LogP contribution in [0.4, 0.5) is 0 Å². The Kier molecular flexibility index (Phi) is 5.86. The number of rotatable bonds is 7. The van der Waals surface area contributed by atoms with Crippen LogP contribution in [0.3, 0.4) is 0 Å². The van der Waals surface area contributed by atoms with E-state index in [9.17, 15) is 0 Å². The van der Waals surface area contributed by atoms with Gasteiger partial charge in [0.05, 0.1) is 6.10 Å². The highest BCUT2D eigenvalue weighted by Crippen LogP contribution is 2.09. The Morgan fingerprint density at radius 3 is 2.67 bits per heavy atom. The zero-order chi connectivity index (χ0) is 10.9. The zero-order valence-corrected chi connectivity index (χ0v) is 9.32. The van der Waals surface area contributed by atoms with Gasteiger partial charge in [-0.25, -0.2) is 0 Å². The first-order valence-corrected chi connectivity index (χ1v) is 5.45. The summed E-state index contributed by atoms with van der Waals surface area (Å²) in [6.45, 7) is 7.29. The van der Waals surface area contributed by atoms with Crippen molar-refractivity contribution in [3.8, 4) is 5.75 Å². The van der Waals surface area contributed by atoms with Gasteiger partial charge < -0.3 is 9.47 Å². The van der Waals surface area contributed by atoms with Crippen molar-refractivity contribution >= 4 is 0 Å². The quantitative estimate of drug-likeness (QED) is 0.640. The van der Waals surface area contributed by atoms with Crippen LogP contribution in [-0.4, -0.2) is 19.3 Å². The van der Waals surface area contributed by atoms with Crippen molar-refractivity contribution in [3.05, 3.63) is 37.3 Å². The molecule has 0 aliphatic carbocycles. The Morgan fingerprint density at radius 2 is 2.00 bits per heavy atom. The minimum absolute atomic E-state index is 0.0863. The Labute approximate surface area is 92.2 Å². The van der Waals surface area contributed by atoms with Crippen molar-refractivity contribution in [2.45, 2.75) is 25.9 Å². The van der Waals surface area contributed by atoms with E-state index in [0.29, 0.717) is 6.61 Å². The third-order valence-electron chi connectivity index (χ3n) is 2.03. The fraction of sp³-hybridized carbons (Fsp3) is 0.462. The molecule has 2 heteroatoms. The van der Waals surface area contributed by atoms with Crippen LogP contribution in [0.15, 0.2) is 30.3 Å². The second-order valence-corrected chi connectivity index (χ2v) is 3.47. The predicted molar refractivity (Wildman–Crippen MR) is 61.9 cm³/mol. The van der Waals surface area contributed by atoms with Crippen LogP contribution in [0.5, 0.6) is 5.75 Å². The first kappa shape index (κ1) is 12.1. The topological polar surface area (TPSA) is 18.5 Å². The van der Waals surface area contributed by atoms with E-state index in [4.69, 9.17) is 9.47 Å². The van der Waals surface area contributed by atoms with Crippen LogP contribution in [0, 0.1) is 6.92 Å². The van der Waals surface area contributed by atoms with Crippen molar-refractivity contribution in [1.29, 1.82) is 0 Å². The SMILES string of the molecule is [CH2]C(COc1ccccc1)OCCCC. The third kappa shape index (κ3) is 5.43. The summed E-state index contributed by atoms with van der Waals surface area (Å²) in [5.74, 6) is 0.866. The molecule has 0 bridgehead atoms.